The molecule has 0 spiro atoms. The van der Waals surface area contributed by atoms with Crippen LogP contribution in [-0.2, 0) is 6.42 Å². The molecule has 0 fully saturated rings. The number of nitrogens with zero attached hydrogens (tertiary/aromatic N) is 1. The van der Waals surface area contributed by atoms with E-state index in [4.69, 9.17) is 4.74 Å². The Bertz CT molecular complexity index is 1280. The zero-order valence-electron chi connectivity index (χ0n) is 17.8. The van der Waals surface area contributed by atoms with E-state index in [1.165, 1.54) is 6.07 Å². The van der Waals surface area contributed by atoms with E-state index in [0.717, 1.165) is 22.2 Å². The molecule has 1 aromatic heterocycles. The lowest BCUT2D eigenvalue weighted by Gasteiger charge is -2.36. The summed E-state index contributed by atoms with van der Waals surface area (Å²) in [5.41, 5.74) is 4.04. The van der Waals surface area contributed by atoms with E-state index in [9.17, 15) is 9.18 Å². The van der Waals surface area contributed by atoms with Gasteiger partial charge in [0.25, 0.3) is 0 Å². The van der Waals surface area contributed by atoms with Crippen molar-refractivity contribution in [3.8, 4) is 5.75 Å². The van der Waals surface area contributed by atoms with Crippen LogP contribution >= 0.6 is 0 Å². The molecule has 0 bridgehead atoms. The molecule has 5 rings (SSSR count). The summed E-state index contributed by atoms with van der Waals surface area (Å²) < 4.78 is 20.6. The first-order chi connectivity index (χ1) is 15.7. The molecule has 3 aromatic carbocycles. The summed E-state index contributed by atoms with van der Waals surface area (Å²) in [6, 6.07) is 21.2. The van der Waals surface area contributed by atoms with Gasteiger partial charge in [-0.25, -0.2) is 9.18 Å². The summed E-state index contributed by atoms with van der Waals surface area (Å²) in [5.74, 6) is 0.269. The number of urea groups is 1. The Morgan fingerprint density at radius 1 is 1.09 bits per heavy atom. The minimum atomic E-state index is -0.563. The van der Waals surface area contributed by atoms with Crippen LogP contribution in [0.3, 0.4) is 0 Å². The standard InChI is InChI=1S/C26H24FN3O2/c1-2-32-23-14-8-7-13-22(23)29-26(31)30-16-15-18-17-9-4-6-12-21(17)28-24(18)25(30)19-10-3-5-11-20(19)27/h3-14,25,28H,2,15-16H2,1H3,(H,29,31)/t25-/m0/s1. The van der Waals surface area contributed by atoms with Gasteiger partial charge in [-0.3, -0.25) is 0 Å². The second-order valence-electron chi connectivity index (χ2n) is 7.79. The Morgan fingerprint density at radius 3 is 2.69 bits per heavy atom. The van der Waals surface area contributed by atoms with Crippen molar-refractivity contribution in [1.82, 2.24) is 9.88 Å². The van der Waals surface area contributed by atoms with E-state index >= 15 is 0 Å². The molecule has 1 aliphatic heterocycles. The third-order valence-electron chi connectivity index (χ3n) is 5.92. The fourth-order valence-corrected chi connectivity index (χ4v) is 4.52. The van der Waals surface area contributed by atoms with Crippen molar-refractivity contribution < 1.29 is 13.9 Å². The topological polar surface area (TPSA) is 57.4 Å². The van der Waals surface area contributed by atoms with E-state index in [1.54, 1.807) is 29.2 Å². The number of ether oxygens (including phenoxy) is 1. The molecule has 2 N–H and O–H groups in total. The number of nitrogens with one attached hydrogen (secondary N) is 2. The van der Waals surface area contributed by atoms with Gasteiger partial charge in [0.1, 0.15) is 17.6 Å². The second-order valence-corrected chi connectivity index (χ2v) is 7.79. The first-order valence-corrected chi connectivity index (χ1v) is 10.8. The summed E-state index contributed by atoms with van der Waals surface area (Å²) in [7, 11) is 0. The lowest BCUT2D eigenvalue weighted by Crippen LogP contribution is -2.43. The van der Waals surface area contributed by atoms with Gasteiger partial charge in [-0.15, -0.1) is 0 Å². The van der Waals surface area contributed by atoms with Crippen LogP contribution in [0.1, 0.15) is 29.8 Å². The number of amides is 2. The average molecular weight is 429 g/mol. The molecule has 0 saturated carbocycles. The van der Waals surface area contributed by atoms with Crippen molar-refractivity contribution in [2.45, 2.75) is 19.4 Å². The Balaban J connectivity index is 1.57. The molecule has 2 heterocycles. The number of aromatic nitrogens is 1. The van der Waals surface area contributed by atoms with Crippen LogP contribution in [0.25, 0.3) is 10.9 Å². The Hall–Kier alpha value is -3.80. The fourth-order valence-electron chi connectivity index (χ4n) is 4.52. The van der Waals surface area contributed by atoms with Gasteiger partial charge in [-0.1, -0.05) is 48.5 Å². The van der Waals surface area contributed by atoms with Crippen LogP contribution in [-0.4, -0.2) is 29.1 Å². The van der Waals surface area contributed by atoms with E-state index in [-0.39, 0.29) is 11.8 Å². The summed E-state index contributed by atoms with van der Waals surface area (Å²) in [6.07, 6.45) is 0.685. The maximum atomic E-state index is 15.0. The van der Waals surface area contributed by atoms with Crippen LogP contribution in [0.4, 0.5) is 14.9 Å². The summed E-state index contributed by atoms with van der Waals surface area (Å²) in [4.78, 5) is 18.6. The number of aromatic amines is 1. The second kappa shape index (κ2) is 8.38. The third-order valence-corrected chi connectivity index (χ3v) is 5.92. The molecule has 1 aliphatic rings. The minimum Gasteiger partial charge on any atom is -0.492 e. The monoisotopic (exact) mass is 429 g/mol. The number of anilines is 1. The number of para-hydroxylation sites is 3. The Kier molecular flexibility index (Phi) is 5.27. The molecule has 5 nitrogen and oxygen atoms in total. The third kappa shape index (κ3) is 3.47. The number of carbonyl (C=O) groups excluding carboxylic acids is 1. The van der Waals surface area contributed by atoms with Crippen molar-refractivity contribution in [3.05, 3.63) is 95.4 Å². The largest absolute Gasteiger partial charge is 0.492 e. The number of halogens is 1. The van der Waals surface area contributed by atoms with E-state index in [0.29, 0.717) is 36.6 Å². The number of benzene rings is 3. The predicted octanol–water partition coefficient (Wildman–Crippen LogP) is 5.89. The minimum absolute atomic E-state index is 0.297. The van der Waals surface area contributed by atoms with Crippen LogP contribution in [0, 0.1) is 5.82 Å². The van der Waals surface area contributed by atoms with Gasteiger partial charge in [-0.05, 0) is 43.2 Å². The molecule has 0 saturated heterocycles. The molecule has 0 aliphatic carbocycles. The van der Waals surface area contributed by atoms with Crippen LogP contribution in [0.2, 0.25) is 0 Å². The first kappa shape index (κ1) is 20.1. The van der Waals surface area contributed by atoms with Crippen molar-refractivity contribution in [2.24, 2.45) is 0 Å². The maximum Gasteiger partial charge on any atom is 0.322 e. The summed E-state index contributed by atoms with van der Waals surface area (Å²) in [5, 5.41) is 4.09. The molecule has 1 atom stereocenters. The number of carbonyl (C=O) groups is 1. The highest BCUT2D eigenvalue weighted by Gasteiger charge is 2.36. The average Bonchev–Trinajstić information content (AvgIpc) is 3.19. The summed E-state index contributed by atoms with van der Waals surface area (Å²) >= 11 is 0. The van der Waals surface area contributed by atoms with Crippen molar-refractivity contribution >= 4 is 22.6 Å². The highest BCUT2D eigenvalue weighted by molar-refractivity contribution is 5.92. The molecule has 0 radical (unpaired) electrons. The first-order valence-electron chi connectivity index (χ1n) is 10.8. The van der Waals surface area contributed by atoms with Crippen LogP contribution in [0.5, 0.6) is 5.75 Å². The maximum absolute atomic E-state index is 15.0. The van der Waals surface area contributed by atoms with Gasteiger partial charge in [-0.2, -0.15) is 0 Å². The highest BCUT2D eigenvalue weighted by Crippen LogP contribution is 2.39. The van der Waals surface area contributed by atoms with Crippen molar-refractivity contribution in [3.63, 3.8) is 0 Å². The van der Waals surface area contributed by atoms with Gasteiger partial charge >= 0.3 is 6.03 Å². The smallest absolute Gasteiger partial charge is 0.322 e. The molecule has 4 aromatic rings. The van der Waals surface area contributed by atoms with Gasteiger partial charge in [0.2, 0.25) is 0 Å². The molecular weight excluding hydrogens is 405 g/mol. The normalized spacial score (nSPS) is 15.4. The van der Waals surface area contributed by atoms with Crippen molar-refractivity contribution in [1.29, 1.82) is 0 Å². The fraction of sp³-hybridized carbons (Fsp3) is 0.192. The molecule has 32 heavy (non-hydrogen) atoms. The predicted molar refractivity (Wildman–Crippen MR) is 124 cm³/mol. The van der Waals surface area contributed by atoms with Gasteiger partial charge in [0.15, 0.2) is 0 Å². The van der Waals surface area contributed by atoms with Crippen molar-refractivity contribution in [2.75, 3.05) is 18.5 Å². The van der Waals surface area contributed by atoms with Gasteiger partial charge < -0.3 is 19.9 Å². The zero-order chi connectivity index (χ0) is 22.1. The Morgan fingerprint density at radius 2 is 1.84 bits per heavy atom. The molecule has 6 heteroatoms. The van der Waals surface area contributed by atoms with Crippen LogP contribution in [0.15, 0.2) is 72.8 Å². The van der Waals surface area contributed by atoms with Gasteiger partial charge in [0.05, 0.1) is 12.3 Å². The number of fused-ring (bicyclic) bond motifs is 3. The van der Waals surface area contributed by atoms with E-state index < -0.39 is 6.04 Å². The quantitative estimate of drug-likeness (QED) is 0.425. The number of H-pyrrole nitrogens is 1. The van der Waals surface area contributed by atoms with Gasteiger partial charge in [0, 0.05) is 28.7 Å². The Labute approximate surface area is 185 Å². The van der Waals surface area contributed by atoms with E-state index in [1.807, 2.05) is 43.3 Å². The van der Waals surface area contributed by atoms with Crippen LogP contribution < -0.4 is 10.1 Å². The number of hydrogen-bond donors (Lipinski definition) is 2. The molecule has 162 valence electrons. The molecule has 0 unspecified atom stereocenters. The lowest BCUT2D eigenvalue weighted by molar-refractivity contribution is 0.191. The lowest BCUT2D eigenvalue weighted by atomic mass is 9.92. The number of rotatable bonds is 4. The van der Waals surface area contributed by atoms with E-state index in [2.05, 4.69) is 16.4 Å². The molecule has 2 amide bonds. The SMILES string of the molecule is CCOc1ccccc1NC(=O)N1CCc2c([nH]c3ccccc23)[C@@H]1c1ccccc1F. The number of hydrogen-bond acceptors (Lipinski definition) is 2. The highest BCUT2D eigenvalue weighted by atomic mass is 19.1. The zero-order valence-corrected chi connectivity index (χ0v) is 17.8. The molecular formula is C26H24FN3O2. The summed E-state index contributed by atoms with van der Waals surface area (Å²) in [6.45, 7) is 2.86.